The summed E-state index contributed by atoms with van der Waals surface area (Å²) >= 11 is 0. The molecule has 0 N–H and O–H groups in total. The van der Waals surface area contributed by atoms with Gasteiger partial charge in [0.1, 0.15) is 0 Å². The van der Waals surface area contributed by atoms with E-state index in [0.29, 0.717) is 0 Å². The zero-order valence-electron chi connectivity index (χ0n) is 14.0. The Morgan fingerprint density at radius 1 is 0.688 bits per heavy atom. The molecule has 1 saturated heterocycles. The lowest BCUT2D eigenvalue weighted by Gasteiger charge is -2.01. The molecule has 0 atom stereocenters. The monoisotopic (exact) mass is 237 g/mol. The molecule has 2 nitrogen and oxygen atoms in total. The van der Waals surface area contributed by atoms with E-state index in [1.807, 2.05) is 81.3 Å². The summed E-state index contributed by atoms with van der Waals surface area (Å²) in [6.07, 6.45) is 1.19. The van der Waals surface area contributed by atoms with Gasteiger partial charge in [0.15, 0.2) is 0 Å². The Morgan fingerprint density at radius 2 is 1.00 bits per heavy atom. The van der Waals surface area contributed by atoms with Gasteiger partial charge in [-0.25, -0.2) is 0 Å². The lowest BCUT2D eigenvalue weighted by molar-refractivity contribution is -0.0867. The van der Waals surface area contributed by atoms with Crippen LogP contribution in [0.3, 0.4) is 0 Å². The second-order valence-corrected chi connectivity index (χ2v) is 1.54. The first-order valence-electron chi connectivity index (χ1n) is 7.23. The SMILES string of the molecule is CC.CC.CC.CC.CC.CN1CCCO1. The molecule has 16 heavy (non-hydrogen) atoms. The molecule has 0 aromatic heterocycles. The van der Waals surface area contributed by atoms with E-state index in [9.17, 15) is 0 Å². The van der Waals surface area contributed by atoms with Crippen molar-refractivity contribution in [3.05, 3.63) is 0 Å². The van der Waals surface area contributed by atoms with Crippen LogP contribution < -0.4 is 0 Å². The second-order valence-electron chi connectivity index (χ2n) is 1.54. The molecule has 0 spiro atoms. The summed E-state index contributed by atoms with van der Waals surface area (Å²) in [5, 5.41) is 1.86. The molecule has 0 bridgehead atoms. The van der Waals surface area contributed by atoms with Crippen LogP contribution >= 0.6 is 0 Å². The van der Waals surface area contributed by atoms with E-state index in [-0.39, 0.29) is 0 Å². The van der Waals surface area contributed by atoms with Crippen LogP contribution in [0.25, 0.3) is 0 Å². The van der Waals surface area contributed by atoms with Crippen molar-refractivity contribution >= 4 is 0 Å². The van der Waals surface area contributed by atoms with Gasteiger partial charge < -0.3 is 0 Å². The zero-order chi connectivity index (χ0) is 14.4. The molecule has 1 fully saturated rings. The summed E-state index contributed by atoms with van der Waals surface area (Å²) in [5.74, 6) is 0. The topological polar surface area (TPSA) is 12.5 Å². The van der Waals surface area contributed by atoms with Crippen molar-refractivity contribution < 1.29 is 4.84 Å². The molecule has 0 aromatic carbocycles. The summed E-state index contributed by atoms with van der Waals surface area (Å²) in [6, 6.07) is 0. The molecule has 1 rings (SSSR count). The van der Waals surface area contributed by atoms with Crippen molar-refractivity contribution in [2.24, 2.45) is 0 Å². The van der Waals surface area contributed by atoms with Gasteiger partial charge in [0.25, 0.3) is 0 Å². The smallest absolute Gasteiger partial charge is 0.0698 e. The Balaban J connectivity index is -0.0000000351. The minimum Gasteiger partial charge on any atom is -0.299 e. The minimum atomic E-state index is 0.913. The molecule has 2 heteroatoms. The first-order chi connectivity index (χ1) is 7.89. The quantitative estimate of drug-likeness (QED) is 0.560. The summed E-state index contributed by atoms with van der Waals surface area (Å²) in [6.45, 7) is 22.0. The van der Waals surface area contributed by atoms with E-state index in [4.69, 9.17) is 4.84 Å². The first-order valence-corrected chi connectivity index (χ1v) is 7.23. The molecular weight excluding hydrogens is 198 g/mol. The highest BCUT2D eigenvalue weighted by Gasteiger charge is 2.03. The Kier molecular flexibility index (Phi) is 112. The predicted molar refractivity (Wildman–Crippen MR) is 79.9 cm³/mol. The number of hydroxylamine groups is 2. The number of hydrogen-bond acceptors (Lipinski definition) is 2. The minimum absolute atomic E-state index is 0.913. The van der Waals surface area contributed by atoms with Gasteiger partial charge in [-0.15, -0.1) is 0 Å². The van der Waals surface area contributed by atoms with Gasteiger partial charge in [-0.3, -0.25) is 4.84 Å². The first kappa shape index (κ1) is 29.7. The van der Waals surface area contributed by atoms with Crippen LogP contribution in [0.15, 0.2) is 0 Å². The van der Waals surface area contributed by atoms with Crippen molar-refractivity contribution in [1.29, 1.82) is 0 Å². The highest BCUT2D eigenvalue weighted by Crippen LogP contribution is 1.97. The molecule has 0 radical (unpaired) electrons. The highest BCUT2D eigenvalue weighted by molar-refractivity contribution is 4.44. The van der Waals surface area contributed by atoms with E-state index >= 15 is 0 Å². The van der Waals surface area contributed by atoms with E-state index in [1.165, 1.54) is 6.42 Å². The van der Waals surface area contributed by atoms with Gasteiger partial charge in [-0.05, 0) is 6.42 Å². The van der Waals surface area contributed by atoms with Crippen LogP contribution in [0.4, 0.5) is 0 Å². The molecule has 1 aliphatic heterocycles. The summed E-state index contributed by atoms with van der Waals surface area (Å²) in [4.78, 5) is 4.99. The largest absolute Gasteiger partial charge is 0.299 e. The maximum Gasteiger partial charge on any atom is 0.0698 e. The van der Waals surface area contributed by atoms with Gasteiger partial charge >= 0.3 is 0 Å². The summed E-state index contributed by atoms with van der Waals surface area (Å²) in [5.41, 5.74) is 0. The Morgan fingerprint density at radius 3 is 1.06 bits per heavy atom. The molecule has 106 valence electrons. The fourth-order valence-electron chi connectivity index (χ4n) is 0.572. The molecule has 0 unspecified atom stereocenters. The van der Waals surface area contributed by atoms with Crippen LogP contribution in [0.1, 0.15) is 75.7 Å². The van der Waals surface area contributed by atoms with Crippen LogP contribution in [0.2, 0.25) is 0 Å². The average Bonchev–Trinajstić information content (AvgIpc) is 2.92. The summed E-state index contributed by atoms with van der Waals surface area (Å²) < 4.78 is 0. The number of hydrogen-bond donors (Lipinski definition) is 0. The molecule has 0 saturated carbocycles. The third-order valence-corrected chi connectivity index (χ3v) is 0.929. The number of rotatable bonds is 0. The second kappa shape index (κ2) is 60.4. The van der Waals surface area contributed by atoms with Crippen LogP contribution in [0, 0.1) is 0 Å². The molecule has 1 aliphatic rings. The average molecular weight is 237 g/mol. The highest BCUT2D eigenvalue weighted by atomic mass is 16.7. The van der Waals surface area contributed by atoms with Crippen molar-refractivity contribution in [3.63, 3.8) is 0 Å². The Labute approximate surface area is 106 Å². The van der Waals surface area contributed by atoms with Crippen LogP contribution in [-0.4, -0.2) is 25.3 Å². The third kappa shape index (κ3) is 48.5. The Bertz CT molecular complexity index is 44.0. The lowest BCUT2D eigenvalue weighted by atomic mass is 10.5. The van der Waals surface area contributed by atoms with Gasteiger partial charge in [-0.1, -0.05) is 69.2 Å². The van der Waals surface area contributed by atoms with E-state index < -0.39 is 0 Å². The van der Waals surface area contributed by atoms with Crippen molar-refractivity contribution in [2.45, 2.75) is 75.7 Å². The standard InChI is InChI=1S/C4H9NO.5C2H6/c1-5-3-2-4-6-5;5*1-2/h2-4H2,1H3;5*1-2H3. The van der Waals surface area contributed by atoms with Crippen molar-refractivity contribution in [1.82, 2.24) is 5.06 Å². The molecule has 0 aromatic rings. The third-order valence-electron chi connectivity index (χ3n) is 0.929. The molecule has 0 amide bonds. The maximum atomic E-state index is 4.99. The molecule has 1 heterocycles. The molecular formula is C14H39NO. The van der Waals surface area contributed by atoms with Crippen LogP contribution in [0.5, 0.6) is 0 Å². The summed E-state index contributed by atoms with van der Waals surface area (Å²) in [7, 11) is 1.95. The van der Waals surface area contributed by atoms with Crippen LogP contribution in [-0.2, 0) is 4.84 Å². The Hall–Kier alpha value is -0.0800. The normalized spacial score (nSPS) is 11.4. The van der Waals surface area contributed by atoms with Crippen molar-refractivity contribution in [3.8, 4) is 0 Å². The maximum absolute atomic E-state index is 4.99. The fraction of sp³-hybridized carbons (Fsp3) is 1.00. The van der Waals surface area contributed by atoms with E-state index in [1.54, 1.807) is 0 Å². The van der Waals surface area contributed by atoms with Gasteiger partial charge in [-0.2, -0.15) is 5.06 Å². The van der Waals surface area contributed by atoms with E-state index in [2.05, 4.69) is 0 Å². The van der Waals surface area contributed by atoms with E-state index in [0.717, 1.165) is 13.2 Å². The van der Waals surface area contributed by atoms with Crippen molar-refractivity contribution in [2.75, 3.05) is 20.2 Å². The molecule has 0 aliphatic carbocycles. The fourth-order valence-corrected chi connectivity index (χ4v) is 0.572. The van der Waals surface area contributed by atoms with Gasteiger partial charge in [0.2, 0.25) is 0 Å². The number of nitrogens with zero attached hydrogens (tertiary/aromatic N) is 1. The van der Waals surface area contributed by atoms with Gasteiger partial charge in [0.05, 0.1) is 6.61 Å². The van der Waals surface area contributed by atoms with Gasteiger partial charge in [0, 0.05) is 13.6 Å². The predicted octanol–water partition coefficient (Wildman–Crippen LogP) is 5.38. The zero-order valence-corrected chi connectivity index (χ0v) is 14.0. The lowest BCUT2D eigenvalue weighted by Crippen LogP contribution is -2.08.